The van der Waals surface area contributed by atoms with E-state index in [4.69, 9.17) is 10.7 Å². The van der Waals surface area contributed by atoms with E-state index in [-0.39, 0.29) is 5.82 Å². The standard InChI is InChI=1S/C28H39FN4S/c1-4-5-6-27(26-11-8-23(29)19-21(26)2)22-7-12-28(31-20-22)33-16-13-24(14-17-33)32-34(3,18-15-30)25-9-10-25/h6-8,11-12,19-20,24,32H,3-5,9-10,13-18,30H2,1-2H3/b27-6-. The predicted octanol–water partition coefficient (Wildman–Crippen LogP) is 5.40. The van der Waals surface area contributed by atoms with Gasteiger partial charge < -0.3 is 10.6 Å². The van der Waals surface area contributed by atoms with E-state index < -0.39 is 9.39 Å². The number of halogens is 1. The number of hydrogen-bond acceptors (Lipinski definition) is 4. The average molecular weight is 483 g/mol. The largest absolute Gasteiger partial charge is 0.357 e. The van der Waals surface area contributed by atoms with Crippen molar-refractivity contribution in [2.75, 3.05) is 30.3 Å². The van der Waals surface area contributed by atoms with Crippen molar-refractivity contribution in [1.29, 1.82) is 0 Å². The SMILES string of the molecule is C=S(CCN)(NC1CCN(c2ccc(/C(=C/CCC)c3ccc(F)cc3C)cn2)CC1)=C1CC1. The lowest BCUT2D eigenvalue weighted by Crippen LogP contribution is -2.42. The molecule has 4 rings (SSSR count). The number of allylic oxidation sites excluding steroid dienone is 1. The summed E-state index contributed by atoms with van der Waals surface area (Å²) in [7, 11) is -1.10. The fourth-order valence-corrected chi connectivity index (χ4v) is 7.54. The van der Waals surface area contributed by atoms with Gasteiger partial charge in [-0.3, -0.25) is 4.72 Å². The minimum atomic E-state index is -1.10. The number of nitrogens with one attached hydrogen (secondary N) is 1. The maximum Gasteiger partial charge on any atom is 0.128 e. The number of piperidine rings is 1. The Morgan fingerprint density at radius 3 is 2.62 bits per heavy atom. The summed E-state index contributed by atoms with van der Waals surface area (Å²) in [6.45, 7) is 6.83. The third-order valence-corrected chi connectivity index (χ3v) is 10.1. The Morgan fingerprint density at radius 2 is 2.03 bits per heavy atom. The molecule has 34 heavy (non-hydrogen) atoms. The van der Waals surface area contributed by atoms with Gasteiger partial charge in [0.15, 0.2) is 0 Å². The van der Waals surface area contributed by atoms with Crippen LogP contribution in [0.1, 0.15) is 62.1 Å². The summed E-state index contributed by atoms with van der Waals surface area (Å²) in [5, 5.41) is 0. The Hall–Kier alpha value is -2.15. The molecule has 0 radical (unpaired) electrons. The first-order chi connectivity index (χ1) is 16.4. The first kappa shape index (κ1) is 25.0. The second-order valence-electron chi connectivity index (χ2n) is 9.56. The van der Waals surface area contributed by atoms with E-state index in [9.17, 15) is 4.39 Å². The van der Waals surface area contributed by atoms with Crippen LogP contribution >= 0.6 is 9.39 Å². The molecule has 1 aliphatic heterocycles. The van der Waals surface area contributed by atoms with E-state index in [2.05, 4.69) is 40.6 Å². The number of nitrogens with two attached hydrogens (primary N) is 1. The quantitative estimate of drug-likeness (QED) is 0.470. The second kappa shape index (κ2) is 11.1. The number of pyridine rings is 1. The van der Waals surface area contributed by atoms with Crippen molar-refractivity contribution in [3.63, 3.8) is 0 Å². The van der Waals surface area contributed by atoms with Gasteiger partial charge in [0.2, 0.25) is 0 Å². The monoisotopic (exact) mass is 482 g/mol. The number of anilines is 1. The molecule has 1 aliphatic carbocycles. The predicted molar refractivity (Wildman–Crippen MR) is 149 cm³/mol. The highest BCUT2D eigenvalue weighted by Crippen LogP contribution is 2.34. The summed E-state index contributed by atoms with van der Waals surface area (Å²) in [6, 6.07) is 9.83. The zero-order valence-corrected chi connectivity index (χ0v) is 21.5. The molecule has 4 nitrogen and oxygen atoms in total. The summed E-state index contributed by atoms with van der Waals surface area (Å²) in [6.07, 6.45) is 10.9. The molecule has 1 saturated heterocycles. The molecule has 2 aromatic rings. The summed E-state index contributed by atoms with van der Waals surface area (Å²) in [4.78, 5) is 8.83. The first-order valence-corrected chi connectivity index (χ1v) is 14.5. The van der Waals surface area contributed by atoms with Crippen LogP contribution in [0.25, 0.3) is 5.57 Å². The minimum absolute atomic E-state index is 0.195. The molecule has 6 heteroatoms. The van der Waals surface area contributed by atoms with Gasteiger partial charge in [-0.15, -0.1) is 0 Å². The molecule has 0 spiro atoms. The highest BCUT2D eigenvalue weighted by molar-refractivity contribution is 8.28. The van der Waals surface area contributed by atoms with Crippen LogP contribution in [0.2, 0.25) is 0 Å². The van der Waals surface area contributed by atoms with Gasteiger partial charge in [-0.1, -0.05) is 31.4 Å². The molecule has 2 heterocycles. The molecule has 0 amide bonds. The molecule has 184 valence electrons. The van der Waals surface area contributed by atoms with Crippen LogP contribution in [0.15, 0.2) is 42.6 Å². The van der Waals surface area contributed by atoms with Crippen molar-refractivity contribution < 1.29 is 4.39 Å². The number of nitrogens with zero attached hydrogens (tertiary/aromatic N) is 2. The topological polar surface area (TPSA) is 54.2 Å². The Labute approximate surface area is 205 Å². The Balaban J connectivity index is 1.44. The van der Waals surface area contributed by atoms with Crippen LogP contribution in [0.4, 0.5) is 10.2 Å². The van der Waals surface area contributed by atoms with Gasteiger partial charge in [0.05, 0.1) is 0 Å². The second-order valence-corrected chi connectivity index (χ2v) is 12.6. The summed E-state index contributed by atoms with van der Waals surface area (Å²) < 4.78 is 17.6. The van der Waals surface area contributed by atoms with Crippen molar-refractivity contribution in [1.82, 2.24) is 9.71 Å². The van der Waals surface area contributed by atoms with E-state index in [0.29, 0.717) is 12.6 Å². The number of unbranched alkanes of at least 4 members (excludes halogenated alkanes) is 1. The molecule has 1 aromatic heterocycles. The highest BCUT2D eigenvalue weighted by Gasteiger charge is 2.25. The zero-order valence-electron chi connectivity index (χ0n) is 20.7. The number of aromatic nitrogens is 1. The molecule has 2 aliphatic rings. The lowest BCUT2D eigenvalue weighted by molar-refractivity contribution is 0.476. The van der Waals surface area contributed by atoms with Gasteiger partial charge in [0.1, 0.15) is 11.6 Å². The third-order valence-electron chi connectivity index (χ3n) is 6.86. The lowest BCUT2D eigenvalue weighted by Gasteiger charge is -2.35. The van der Waals surface area contributed by atoms with Crippen molar-refractivity contribution in [3.05, 3.63) is 65.1 Å². The molecule has 3 N–H and O–H groups in total. The van der Waals surface area contributed by atoms with Crippen LogP contribution in [-0.2, 0) is 0 Å². The molecule has 2 fully saturated rings. The number of rotatable bonds is 9. The maximum absolute atomic E-state index is 13.7. The molecule has 1 aromatic carbocycles. The summed E-state index contributed by atoms with van der Waals surface area (Å²) in [5.41, 5.74) is 10.1. The number of benzene rings is 1. The van der Waals surface area contributed by atoms with Gasteiger partial charge in [-0.25, -0.2) is 9.37 Å². The Bertz CT molecular complexity index is 1130. The van der Waals surface area contributed by atoms with Crippen LogP contribution in [0.3, 0.4) is 0 Å². The number of hydrogen-bond donors (Lipinski definition) is 2. The molecule has 1 unspecified atom stereocenters. The Kier molecular flexibility index (Phi) is 8.12. The lowest BCUT2D eigenvalue weighted by atomic mass is 9.94. The zero-order chi connectivity index (χ0) is 24.1. The van der Waals surface area contributed by atoms with Crippen LogP contribution in [-0.4, -0.2) is 47.1 Å². The normalized spacial score (nSPS) is 18.8. The van der Waals surface area contributed by atoms with Gasteiger partial charge in [0, 0.05) is 43.2 Å². The fraction of sp³-hybridized carbons (Fsp3) is 0.464. The van der Waals surface area contributed by atoms with Gasteiger partial charge in [0.25, 0.3) is 0 Å². The van der Waals surface area contributed by atoms with E-state index in [1.165, 1.54) is 12.8 Å². The van der Waals surface area contributed by atoms with Crippen molar-refractivity contribution in [3.8, 4) is 0 Å². The number of aryl methyl sites for hydroxylation is 1. The Morgan fingerprint density at radius 1 is 1.26 bits per heavy atom. The average Bonchev–Trinajstić information content (AvgIpc) is 3.68. The third kappa shape index (κ3) is 5.91. The first-order valence-electron chi connectivity index (χ1n) is 12.6. The molecule has 0 bridgehead atoms. The highest BCUT2D eigenvalue weighted by atomic mass is 32.2. The minimum Gasteiger partial charge on any atom is -0.357 e. The van der Waals surface area contributed by atoms with Crippen LogP contribution < -0.4 is 15.4 Å². The van der Waals surface area contributed by atoms with E-state index >= 15 is 0 Å². The van der Waals surface area contributed by atoms with Crippen molar-refractivity contribution in [2.24, 2.45) is 5.73 Å². The molecular formula is C28H39FN4S. The smallest absolute Gasteiger partial charge is 0.128 e. The summed E-state index contributed by atoms with van der Waals surface area (Å²) in [5.74, 6) is 6.40. The van der Waals surface area contributed by atoms with Gasteiger partial charge in [-0.05, 0) is 84.9 Å². The van der Waals surface area contributed by atoms with Gasteiger partial charge in [-0.2, -0.15) is 9.39 Å². The van der Waals surface area contributed by atoms with E-state index in [0.717, 1.165) is 72.6 Å². The van der Waals surface area contributed by atoms with Crippen LogP contribution in [0.5, 0.6) is 0 Å². The fourth-order valence-electron chi connectivity index (χ4n) is 4.81. The van der Waals surface area contributed by atoms with E-state index in [1.54, 1.807) is 17.0 Å². The molecule has 1 saturated carbocycles. The van der Waals surface area contributed by atoms with Crippen molar-refractivity contribution >= 4 is 31.5 Å². The van der Waals surface area contributed by atoms with Crippen molar-refractivity contribution in [2.45, 2.75) is 58.4 Å². The molecular weight excluding hydrogens is 443 g/mol. The van der Waals surface area contributed by atoms with Gasteiger partial charge >= 0.3 is 0 Å². The maximum atomic E-state index is 13.7. The van der Waals surface area contributed by atoms with E-state index in [1.807, 2.05) is 19.2 Å². The van der Waals surface area contributed by atoms with Crippen LogP contribution in [0, 0.1) is 12.7 Å². The summed E-state index contributed by atoms with van der Waals surface area (Å²) >= 11 is 0. The molecule has 1 atom stereocenters.